The number of likely N-dealkylation sites (tertiary alicyclic amines) is 1. The number of morpholine rings is 1. The van der Waals surface area contributed by atoms with Crippen LogP contribution in [0.5, 0.6) is 0 Å². The van der Waals surface area contributed by atoms with Gasteiger partial charge in [0.05, 0.1) is 19.3 Å². The van der Waals surface area contributed by atoms with Gasteiger partial charge in [0.1, 0.15) is 0 Å². The van der Waals surface area contributed by atoms with Crippen molar-refractivity contribution in [3.63, 3.8) is 0 Å². The van der Waals surface area contributed by atoms with Crippen LogP contribution >= 0.6 is 11.6 Å². The molecule has 0 saturated carbocycles. The molecule has 2 aliphatic rings. The highest BCUT2D eigenvalue weighted by atomic mass is 35.5. The Morgan fingerprint density at radius 2 is 2.05 bits per heavy atom. The normalized spacial score (nSPS) is 25.5. The van der Waals surface area contributed by atoms with Gasteiger partial charge in [-0.15, -0.1) is 0 Å². The molecule has 2 heterocycles. The molecule has 2 aliphatic heterocycles. The van der Waals surface area contributed by atoms with Gasteiger partial charge in [0.25, 0.3) is 0 Å². The van der Waals surface area contributed by atoms with Crippen LogP contribution in [0.1, 0.15) is 24.4 Å². The minimum Gasteiger partial charge on any atom is -0.390 e. The third kappa shape index (κ3) is 4.21. The molecule has 1 N–H and O–H groups in total. The van der Waals surface area contributed by atoms with Crippen molar-refractivity contribution in [2.75, 3.05) is 45.9 Å². The Morgan fingerprint density at radius 3 is 2.82 bits per heavy atom. The zero-order valence-corrected chi connectivity index (χ0v) is 13.7. The average molecular weight is 325 g/mol. The van der Waals surface area contributed by atoms with Crippen LogP contribution in [-0.4, -0.2) is 66.9 Å². The molecule has 2 unspecified atom stereocenters. The van der Waals surface area contributed by atoms with Crippen LogP contribution in [0.25, 0.3) is 0 Å². The molecular weight excluding hydrogens is 300 g/mol. The van der Waals surface area contributed by atoms with Gasteiger partial charge in [-0.05, 0) is 37.1 Å². The number of halogens is 1. The Hall–Kier alpha value is -0.650. The third-order valence-corrected chi connectivity index (χ3v) is 4.85. The molecule has 0 radical (unpaired) electrons. The van der Waals surface area contributed by atoms with E-state index in [-0.39, 0.29) is 6.10 Å². The van der Waals surface area contributed by atoms with Crippen LogP contribution in [0.2, 0.25) is 5.02 Å². The number of benzene rings is 1. The lowest BCUT2D eigenvalue weighted by atomic mass is 10.0. The second-order valence-electron chi connectivity index (χ2n) is 6.27. The molecule has 122 valence electrons. The van der Waals surface area contributed by atoms with Crippen LogP contribution < -0.4 is 0 Å². The first-order chi connectivity index (χ1) is 10.7. The van der Waals surface area contributed by atoms with Crippen LogP contribution in [0, 0.1) is 0 Å². The van der Waals surface area contributed by atoms with Crippen molar-refractivity contribution in [1.29, 1.82) is 0 Å². The fourth-order valence-corrected chi connectivity index (χ4v) is 3.74. The summed E-state index contributed by atoms with van der Waals surface area (Å²) in [6, 6.07) is 8.51. The van der Waals surface area contributed by atoms with Crippen LogP contribution in [0.3, 0.4) is 0 Å². The molecule has 22 heavy (non-hydrogen) atoms. The Balaban J connectivity index is 1.56. The predicted molar refractivity (Wildman–Crippen MR) is 88.3 cm³/mol. The topological polar surface area (TPSA) is 35.9 Å². The molecule has 0 aliphatic carbocycles. The van der Waals surface area contributed by atoms with Crippen molar-refractivity contribution >= 4 is 11.6 Å². The molecule has 5 heteroatoms. The number of hydrogen-bond acceptors (Lipinski definition) is 4. The Kier molecular flexibility index (Phi) is 5.71. The summed E-state index contributed by atoms with van der Waals surface area (Å²) in [7, 11) is 0. The molecule has 0 spiro atoms. The first-order valence-electron chi connectivity index (χ1n) is 8.20. The van der Waals surface area contributed by atoms with Gasteiger partial charge in [0, 0.05) is 37.2 Å². The number of aliphatic hydroxyl groups is 1. The molecule has 1 aromatic carbocycles. The maximum Gasteiger partial charge on any atom is 0.0794 e. The number of β-amino-alcohol motifs (C(OH)–C–C–N with tert-alkyl or cyclic N) is 1. The minimum atomic E-state index is -0.308. The van der Waals surface area contributed by atoms with E-state index < -0.39 is 0 Å². The van der Waals surface area contributed by atoms with Crippen molar-refractivity contribution in [3.05, 3.63) is 34.9 Å². The molecule has 0 aromatic heterocycles. The molecule has 1 aromatic rings. The van der Waals surface area contributed by atoms with E-state index in [2.05, 4.69) is 21.9 Å². The number of nitrogens with zero attached hydrogens (tertiary/aromatic N) is 2. The number of rotatable bonds is 5. The third-order valence-electron chi connectivity index (χ3n) is 4.62. The van der Waals surface area contributed by atoms with Gasteiger partial charge in [-0.1, -0.05) is 23.7 Å². The SMILES string of the molecule is OC(CN1CCOCC1)CN1CCCC1c1cccc(Cl)c1. The molecule has 3 rings (SSSR count). The summed E-state index contributed by atoms with van der Waals surface area (Å²) in [6.45, 7) is 5.93. The fraction of sp³-hybridized carbons (Fsp3) is 0.647. The van der Waals surface area contributed by atoms with Crippen molar-refractivity contribution < 1.29 is 9.84 Å². The number of aliphatic hydroxyl groups excluding tert-OH is 1. The highest BCUT2D eigenvalue weighted by Crippen LogP contribution is 2.32. The second-order valence-corrected chi connectivity index (χ2v) is 6.71. The van der Waals surface area contributed by atoms with Gasteiger partial charge in [-0.3, -0.25) is 9.80 Å². The van der Waals surface area contributed by atoms with E-state index in [1.807, 2.05) is 12.1 Å². The monoisotopic (exact) mass is 324 g/mol. The lowest BCUT2D eigenvalue weighted by Gasteiger charge is -2.32. The Bertz CT molecular complexity index is 479. The second kappa shape index (κ2) is 7.75. The molecule has 0 amide bonds. The van der Waals surface area contributed by atoms with Crippen LogP contribution in [0.15, 0.2) is 24.3 Å². The van der Waals surface area contributed by atoms with Crippen molar-refractivity contribution in [3.8, 4) is 0 Å². The lowest BCUT2D eigenvalue weighted by Crippen LogP contribution is -2.44. The van der Waals surface area contributed by atoms with Gasteiger partial charge in [-0.2, -0.15) is 0 Å². The highest BCUT2D eigenvalue weighted by molar-refractivity contribution is 6.30. The molecule has 0 bridgehead atoms. The summed E-state index contributed by atoms with van der Waals surface area (Å²) >= 11 is 6.12. The maximum absolute atomic E-state index is 10.4. The van der Waals surface area contributed by atoms with E-state index in [4.69, 9.17) is 16.3 Å². The van der Waals surface area contributed by atoms with Gasteiger partial charge in [-0.25, -0.2) is 0 Å². The van der Waals surface area contributed by atoms with Gasteiger partial charge < -0.3 is 9.84 Å². The molecule has 2 atom stereocenters. The van der Waals surface area contributed by atoms with Gasteiger partial charge >= 0.3 is 0 Å². The van der Waals surface area contributed by atoms with Crippen molar-refractivity contribution in [1.82, 2.24) is 9.80 Å². The zero-order valence-electron chi connectivity index (χ0n) is 13.0. The predicted octanol–water partition coefficient (Wildman–Crippen LogP) is 2.17. The zero-order chi connectivity index (χ0) is 15.4. The smallest absolute Gasteiger partial charge is 0.0794 e. The fourth-order valence-electron chi connectivity index (χ4n) is 3.55. The van der Waals surface area contributed by atoms with Crippen molar-refractivity contribution in [2.24, 2.45) is 0 Å². The summed E-state index contributed by atoms with van der Waals surface area (Å²) in [5.74, 6) is 0. The van der Waals surface area contributed by atoms with E-state index >= 15 is 0 Å². The molecular formula is C17H25ClN2O2. The first-order valence-corrected chi connectivity index (χ1v) is 8.58. The quantitative estimate of drug-likeness (QED) is 0.900. The van der Waals surface area contributed by atoms with E-state index in [1.165, 1.54) is 12.0 Å². The summed E-state index contributed by atoms with van der Waals surface area (Å²) in [4.78, 5) is 4.69. The minimum absolute atomic E-state index is 0.308. The highest BCUT2D eigenvalue weighted by Gasteiger charge is 2.28. The largest absolute Gasteiger partial charge is 0.390 e. The number of ether oxygens (including phenoxy) is 1. The number of hydrogen-bond donors (Lipinski definition) is 1. The van der Waals surface area contributed by atoms with E-state index in [9.17, 15) is 5.11 Å². The molecule has 2 saturated heterocycles. The van der Waals surface area contributed by atoms with E-state index in [0.717, 1.165) is 57.4 Å². The summed E-state index contributed by atoms with van der Waals surface area (Å²) in [5.41, 5.74) is 1.27. The van der Waals surface area contributed by atoms with Gasteiger partial charge in [0.2, 0.25) is 0 Å². The average Bonchev–Trinajstić information content (AvgIpc) is 2.96. The summed E-state index contributed by atoms with van der Waals surface area (Å²) in [5, 5.41) is 11.2. The van der Waals surface area contributed by atoms with Crippen molar-refractivity contribution in [2.45, 2.75) is 25.0 Å². The lowest BCUT2D eigenvalue weighted by molar-refractivity contribution is 0.00585. The van der Waals surface area contributed by atoms with Gasteiger partial charge in [0.15, 0.2) is 0 Å². The standard InChI is InChI=1S/C17H25ClN2O2/c18-15-4-1-3-14(11-15)17-5-2-6-20(17)13-16(21)12-19-7-9-22-10-8-19/h1,3-4,11,16-17,21H,2,5-10,12-13H2. The van der Waals surface area contributed by atoms with E-state index in [0.29, 0.717) is 6.04 Å². The van der Waals surface area contributed by atoms with E-state index in [1.54, 1.807) is 0 Å². The summed E-state index contributed by atoms with van der Waals surface area (Å²) in [6.07, 6.45) is 2.02. The first kappa shape index (κ1) is 16.2. The summed E-state index contributed by atoms with van der Waals surface area (Å²) < 4.78 is 5.35. The maximum atomic E-state index is 10.4. The van der Waals surface area contributed by atoms with Crippen LogP contribution in [-0.2, 0) is 4.74 Å². The Labute approximate surface area is 137 Å². The molecule has 4 nitrogen and oxygen atoms in total. The Morgan fingerprint density at radius 1 is 1.23 bits per heavy atom. The molecule has 2 fully saturated rings. The van der Waals surface area contributed by atoms with Crippen LogP contribution in [0.4, 0.5) is 0 Å².